The largest absolute Gasteiger partial charge is 0.430 e. The van der Waals surface area contributed by atoms with Crippen molar-refractivity contribution in [2.75, 3.05) is 0 Å². The fraction of sp³-hybridized carbons (Fsp3) is 0.250. The molecule has 7 heavy (non-hydrogen) atoms. The normalized spacial score (nSPS) is 12.1. The van der Waals surface area contributed by atoms with Crippen molar-refractivity contribution < 1.29 is 13.9 Å². The predicted octanol–water partition coefficient (Wildman–Crippen LogP) is 0.641. The van der Waals surface area contributed by atoms with E-state index in [0.29, 0.717) is 0 Å². The molecule has 3 heteroatoms. The molecule has 0 spiro atoms. The number of carbonyl (C=O) groups excluding carboxylic acids is 1. The summed E-state index contributed by atoms with van der Waals surface area (Å²) >= 11 is 0. The first-order valence-electron chi connectivity index (χ1n) is 1.67. The molecule has 1 unspecified atom stereocenters. The fourth-order valence-electron chi connectivity index (χ4n) is 0.109. The lowest BCUT2D eigenvalue weighted by Gasteiger charge is -1.93. The summed E-state index contributed by atoms with van der Waals surface area (Å²) in [6.07, 6.45) is -0.772. The van der Waals surface area contributed by atoms with Gasteiger partial charge in [0.05, 0.1) is 0 Å². The van der Waals surface area contributed by atoms with Gasteiger partial charge in [-0.05, 0) is 6.08 Å². The lowest BCUT2D eigenvalue weighted by atomic mass is 10.7. The van der Waals surface area contributed by atoms with Crippen molar-refractivity contribution in [3.8, 4) is 0 Å². The van der Waals surface area contributed by atoms with E-state index in [1.54, 1.807) is 0 Å². The highest BCUT2D eigenvalue weighted by Gasteiger charge is 1.93. The van der Waals surface area contributed by atoms with Gasteiger partial charge in [0.1, 0.15) is 0 Å². The molecule has 0 aliphatic rings. The average molecular weight is 104 g/mol. The minimum atomic E-state index is -1.66. The Kier molecular flexibility index (Phi) is 2.92. The summed E-state index contributed by atoms with van der Waals surface area (Å²) in [4.78, 5) is 9.26. The van der Waals surface area contributed by atoms with Crippen LogP contribution in [0.1, 0.15) is 0 Å². The maximum absolute atomic E-state index is 11.6. The van der Waals surface area contributed by atoms with E-state index in [0.717, 1.165) is 6.08 Å². The molecule has 0 bridgehead atoms. The van der Waals surface area contributed by atoms with Crippen molar-refractivity contribution in [1.82, 2.24) is 0 Å². The zero-order chi connectivity index (χ0) is 5.70. The Morgan fingerprint density at radius 1 is 1.86 bits per heavy atom. The number of ether oxygens (including phenoxy) is 1. The second kappa shape index (κ2) is 3.33. The SMILES string of the molecule is C=CC(F)OC=O. The summed E-state index contributed by atoms with van der Waals surface area (Å²) in [5, 5.41) is 0. The molecule has 1 atom stereocenters. The van der Waals surface area contributed by atoms with Gasteiger partial charge >= 0.3 is 0 Å². The lowest BCUT2D eigenvalue weighted by molar-refractivity contribution is -0.137. The summed E-state index contributed by atoms with van der Waals surface area (Å²) in [6.45, 7) is 3.05. The van der Waals surface area contributed by atoms with Crippen LogP contribution in [0.3, 0.4) is 0 Å². The van der Waals surface area contributed by atoms with Crippen molar-refractivity contribution in [3.05, 3.63) is 12.7 Å². The lowest BCUT2D eigenvalue weighted by Crippen LogP contribution is -1.98. The number of rotatable bonds is 3. The first kappa shape index (κ1) is 6.14. The zero-order valence-corrected chi connectivity index (χ0v) is 3.63. The molecule has 0 saturated heterocycles. The second-order valence-corrected chi connectivity index (χ2v) is 0.819. The third kappa shape index (κ3) is 2.96. The van der Waals surface area contributed by atoms with Gasteiger partial charge in [0, 0.05) is 0 Å². The van der Waals surface area contributed by atoms with E-state index in [1.807, 2.05) is 0 Å². The van der Waals surface area contributed by atoms with Crippen LogP contribution in [0.25, 0.3) is 0 Å². The summed E-state index contributed by atoms with van der Waals surface area (Å²) in [5.41, 5.74) is 0. The molecule has 0 rings (SSSR count). The highest BCUT2D eigenvalue weighted by atomic mass is 19.1. The summed E-state index contributed by atoms with van der Waals surface area (Å²) in [5.74, 6) is 0. The summed E-state index contributed by atoms with van der Waals surface area (Å²) < 4.78 is 15.3. The van der Waals surface area contributed by atoms with Crippen LogP contribution >= 0.6 is 0 Å². The third-order valence-electron chi connectivity index (χ3n) is 0.371. The van der Waals surface area contributed by atoms with Gasteiger partial charge in [-0.25, -0.2) is 0 Å². The van der Waals surface area contributed by atoms with Crippen LogP contribution in [0.4, 0.5) is 4.39 Å². The van der Waals surface area contributed by atoms with E-state index in [2.05, 4.69) is 11.3 Å². The Morgan fingerprint density at radius 3 is 2.57 bits per heavy atom. The van der Waals surface area contributed by atoms with Crippen molar-refractivity contribution in [3.63, 3.8) is 0 Å². The third-order valence-corrected chi connectivity index (χ3v) is 0.371. The molecule has 0 N–H and O–H groups in total. The van der Waals surface area contributed by atoms with Crippen LogP contribution in [0, 0.1) is 0 Å². The zero-order valence-electron chi connectivity index (χ0n) is 3.63. The standard InChI is InChI=1S/C4H5FO2/c1-2-4(5)7-3-6/h2-4H,1H2. The Morgan fingerprint density at radius 2 is 2.43 bits per heavy atom. The Bertz CT molecular complexity index is 72.1. The fourth-order valence-corrected chi connectivity index (χ4v) is 0.109. The highest BCUT2D eigenvalue weighted by Crippen LogP contribution is 1.88. The Balaban J connectivity index is 3.15. The molecule has 0 heterocycles. The van der Waals surface area contributed by atoms with Crippen LogP contribution in [0.5, 0.6) is 0 Å². The van der Waals surface area contributed by atoms with Crippen molar-refractivity contribution in [2.24, 2.45) is 0 Å². The monoisotopic (exact) mass is 104 g/mol. The number of halogens is 1. The molecular formula is C4H5FO2. The van der Waals surface area contributed by atoms with Gasteiger partial charge < -0.3 is 4.74 Å². The molecule has 0 aliphatic heterocycles. The van der Waals surface area contributed by atoms with Gasteiger partial charge in [-0.3, -0.25) is 4.79 Å². The van der Waals surface area contributed by atoms with Gasteiger partial charge in [0.2, 0.25) is 0 Å². The van der Waals surface area contributed by atoms with Gasteiger partial charge in [-0.1, -0.05) is 6.58 Å². The molecule has 0 aliphatic carbocycles. The predicted molar refractivity (Wildman–Crippen MR) is 22.2 cm³/mol. The highest BCUT2D eigenvalue weighted by molar-refractivity contribution is 5.37. The molecule has 0 fully saturated rings. The van der Waals surface area contributed by atoms with E-state index in [4.69, 9.17) is 0 Å². The molecule has 40 valence electrons. The number of hydrogen-bond acceptors (Lipinski definition) is 2. The van der Waals surface area contributed by atoms with Crippen LogP contribution in [-0.4, -0.2) is 12.8 Å². The van der Waals surface area contributed by atoms with E-state index in [-0.39, 0.29) is 6.47 Å². The van der Waals surface area contributed by atoms with Crippen LogP contribution in [0.15, 0.2) is 12.7 Å². The number of carbonyl (C=O) groups is 1. The molecular weight excluding hydrogens is 99.0 g/mol. The van der Waals surface area contributed by atoms with Gasteiger partial charge in [-0.15, -0.1) is 0 Å². The van der Waals surface area contributed by atoms with Crippen molar-refractivity contribution >= 4 is 6.47 Å². The topological polar surface area (TPSA) is 26.3 Å². The second-order valence-electron chi connectivity index (χ2n) is 0.819. The van der Waals surface area contributed by atoms with Gasteiger partial charge in [0.25, 0.3) is 12.8 Å². The molecule has 2 nitrogen and oxygen atoms in total. The van der Waals surface area contributed by atoms with Crippen molar-refractivity contribution in [2.45, 2.75) is 6.36 Å². The maximum atomic E-state index is 11.6. The summed E-state index contributed by atoms with van der Waals surface area (Å²) in [6, 6.07) is 0. The molecule has 0 aromatic heterocycles. The van der Waals surface area contributed by atoms with Gasteiger partial charge in [-0.2, -0.15) is 4.39 Å². The van der Waals surface area contributed by atoms with Crippen LogP contribution < -0.4 is 0 Å². The Labute approximate surface area is 40.6 Å². The molecule has 0 aromatic rings. The Hall–Kier alpha value is -0.860. The minimum Gasteiger partial charge on any atom is -0.430 e. The molecule has 0 saturated carbocycles. The smallest absolute Gasteiger partial charge is 0.295 e. The van der Waals surface area contributed by atoms with E-state index in [1.165, 1.54) is 0 Å². The molecule has 0 aromatic carbocycles. The molecule has 0 amide bonds. The summed E-state index contributed by atoms with van der Waals surface area (Å²) in [7, 11) is 0. The first-order chi connectivity index (χ1) is 3.31. The number of hydrogen-bond donors (Lipinski definition) is 0. The van der Waals surface area contributed by atoms with Crippen LogP contribution in [0.2, 0.25) is 0 Å². The quantitative estimate of drug-likeness (QED) is 0.388. The van der Waals surface area contributed by atoms with Crippen LogP contribution in [-0.2, 0) is 9.53 Å². The molecule has 0 radical (unpaired) electrons. The van der Waals surface area contributed by atoms with E-state index >= 15 is 0 Å². The van der Waals surface area contributed by atoms with E-state index in [9.17, 15) is 9.18 Å². The maximum Gasteiger partial charge on any atom is 0.295 e. The number of alkyl halides is 1. The van der Waals surface area contributed by atoms with Crippen molar-refractivity contribution in [1.29, 1.82) is 0 Å². The van der Waals surface area contributed by atoms with E-state index < -0.39 is 6.36 Å². The first-order valence-corrected chi connectivity index (χ1v) is 1.67. The average Bonchev–Trinajstić information content (AvgIpc) is 1.68. The minimum absolute atomic E-state index is 0.0341. The van der Waals surface area contributed by atoms with Gasteiger partial charge in [0.15, 0.2) is 0 Å².